The topological polar surface area (TPSA) is 70.7 Å². The molecule has 2 amide bonds. The molecule has 0 heterocycles. The largest absolute Gasteiger partial charge is 0.449 e. The summed E-state index contributed by atoms with van der Waals surface area (Å²) in [5.41, 5.74) is 0. The predicted molar refractivity (Wildman–Crippen MR) is 160 cm³/mol. The molecule has 2 unspecified atom stereocenters. The molecule has 2 atom stereocenters. The molecule has 1 aliphatic rings. The second-order valence-corrected chi connectivity index (χ2v) is 11.6. The molecule has 0 aromatic carbocycles. The van der Waals surface area contributed by atoms with Crippen molar-refractivity contribution < 1.29 is 14.3 Å². The van der Waals surface area contributed by atoms with Crippen LogP contribution in [0, 0.1) is 11.8 Å². The van der Waals surface area contributed by atoms with E-state index in [0.29, 0.717) is 26.1 Å². The van der Waals surface area contributed by atoms with Gasteiger partial charge < -0.3 is 20.3 Å². The maximum Gasteiger partial charge on any atom is 0.407 e. The smallest absolute Gasteiger partial charge is 0.407 e. The lowest BCUT2D eigenvalue weighted by Gasteiger charge is -2.27. The van der Waals surface area contributed by atoms with Crippen molar-refractivity contribution in [3.8, 4) is 0 Å². The van der Waals surface area contributed by atoms with E-state index >= 15 is 0 Å². The van der Waals surface area contributed by atoms with Gasteiger partial charge in [0.05, 0.1) is 6.61 Å². The highest BCUT2D eigenvalue weighted by Crippen LogP contribution is 2.26. The van der Waals surface area contributed by atoms with E-state index < -0.39 is 0 Å². The van der Waals surface area contributed by atoms with Gasteiger partial charge >= 0.3 is 6.09 Å². The second-order valence-electron chi connectivity index (χ2n) is 11.6. The van der Waals surface area contributed by atoms with Gasteiger partial charge in [-0.2, -0.15) is 0 Å². The number of hydrogen-bond acceptors (Lipinski definition) is 4. The summed E-state index contributed by atoms with van der Waals surface area (Å²) < 4.78 is 5.48. The molecule has 0 fully saturated rings. The molecule has 0 aromatic rings. The minimum atomic E-state index is -0.356. The summed E-state index contributed by atoms with van der Waals surface area (Å²) in [6.45, 7) is 4.88. The minimum Gasteiger partial charge on any atom is -0.449 e. The Kier molecular flexibility index (Phi) is 22.2. The van der Waals surface area contributed by atoms with Crippen molar-refractivity contribution in [1.29, 1.82) is 0 Å². The normalized spacial score (nSPS) is 17.1. The zero-order chi connectivity index (χ0) is 27.7. The molecule has 0 saturated heterocycles. The van der Waals surface area contributed by atoms with Gasteiger partial charge in [0.15, 0.2) is 0 Å². The van der Waals surface area contributed by atoms with Gasteiger partial charge in [-0.15, -0.1) is 0 Å². The molecule has 0 bridgehead atoms. The van der Waals surface area contributed by atoms with Crippen molar-refractivity contribution in [2.24, 2.45) is 11.8 Å². The average Bonchev–Trinajstić information content (AvgIpc) is 2.91. The highest BCUT2D eigenvalue weighted by Gasteiger charge is 2.29. The molecule has 0 aromatic heterocycles. The first-order chi connectivity index (χ1) is 18.5. The first kappa shape index (κ1) is 34.5. The monoisotopic (exact) mass is 535 g/mol. The zero-order valence-electron chi connectivity index (χ0n) is 25.2. The van der Waals surface area contributed by atoms with E-state index in [1.165, 1.54) is 89.9 Å². The molecule has 222 valence electrons. The standard InChI is InChI=1S/C32H61N3O3/c1-4-5-6-7-8-9-10-11-12-13-14-15-16-17-18-21-25-34-32(37)38-28-29-23-19-20-24-30(29)31(36)33-26-22-27-35(2)3/h19-20,29-30H,4-18,21-28H2,1-3H3,(H,33,36)(H,34,37). The fourth-order valence-electron chi connectivity index (χ4n) is 5.21. The number of nitrogens with zero attached hydrogens (tertiary/aromatic N) is 1. The zero-order valence-corrected chi connectivity index (χ0v) is 25.2. The maximum atomic E-state index is 12.6. The van der Waals surface area contributed by atoms with Gasteiger partial charge in [0, 0.05) is 24.9 Å². The summed E-state index contributed by atoms with van der Waals surface area (Å²) in [4.78, 5) is 26.9. The summed E-state index contributed by atoms with van der Waals surface area (Å²) in [7, 11) is 4.07. The first-order valence-electron chi connectivity index (χ1n) is 16.0. The molecular weight excluding hydrogens is 474 g/mol. The summed E-state index contributed by atoms with van der Waals surface area (Å²) in [5.74, 6) is 0.0119. The predicted octanol–water partition coefficient (Wildman–Crippen LogP) is 7.62. The maximum absolute atomic E-state index is 12.6. The lowest BCUT2D eigenvalue weighted by molar-refractivity contribution is -0.127. The van der Waals surface area contributed by atoms with Crippen molar-refractivity contribution >= 4 is 12.0 Å². The molecule has 1 aliphatic carbocycles. The van der Waals surface area contributed by atoms with Gasteiger partial charge in [-0.25, -0.2) is 4.79 Å². The number of alkyl carbamates (subject to hydrolysis) is 1. The van der Waals surface area contributed by atoms with E-state index in [9.17, 15) is 9.59 Å². The molecule has 38 heavy (non-hydrogen) atoms. The summed E-state index contributed by atoms with van der Waals surface area (Å²) in [6, 6.07) is 0. The number of carbonyl (C=O) groups excluding carboxylic acids is 2. The number of allylic oxidation sites excluding steroid dienone is 2. The molecule has 1 rings (SSSR count). The highest BCUT2D eigenvalue weighted by molar-refractivity contribution is 5.79. The van der Waals surface area contributed by atoms with E-state index in [-0.39, 0.29) is 23.8 Å². The van der Waals surface area contributed by atoms with Gasteiger partial charge in [0.25, 0.3) is 0 Å². The van der Waals surface area contributed by atoms with E-state index in [1.807, 2.05) is 14.1 Å². The highest BCUT2D eigenvalue weighted by atomic mass is 16.5. The van der Waals surface area contributed by atoms with Crippen LogP contribution in [0.3, 0.4) is 0 Å². The van der Waals surface area contributed by atoms with Crippen molar-refractivity contribution in [2.75, 3.05) is 40.3 Å². The van der Waals surface area contributed by atoms with Crippen LogP contribution in [0.1, 0.15) is 129 Å². The molecule has 6 heteroatoms. The molecule has 0 saturated carbocycles. The van der Waals surface area contributed by atoms with Gasteiger partial charge in [-0.1, -0.05) is 115 Å². The van der Waals surface area contributed by atoms with Gasteiger partial charge in [-0.3, -0.25) is 4.79 Å². The number of rotatable bonds is 24. The fraction of sp³-hybridized carbons (Fsp3) is 0.875. The van der Waals surface area contributed by atoms with Crippen LogP contribution in [0.25, 0.3) is 0 Å². The summed E-state index contributed by atoms with van der Waals surface area (Å²) in [5, 5.41) is 5.94. The Morgan fingerprint density at radius 3 is 1.76 bits per heavy atom. The van der Waals surface area contributed by atoms with E-state index in [1.54, 1.807) is 0 Å². The van der Waals surface area contributed by atoms with E-state index in [4.69, 9.17) is 4.74 Å². The number of hydrogen-bond donors (Lipinski definition) is 2. The third kappa shape index (κ3) is 19.5. The minimum absolute atomic E-state index is 0.0511. The Morgan fingerprint density at radius 2 is 1.21 bits per heavy atom. The van der Waals surface area contributed by atoms with E-state index in [0.717, 1.165) is 32.2 Å². The van der Waals surface area contributed by atoms with Crippen LogP contribution in [0.5, 0.6) is 0 Å². The van der Waals surface area contributed by atoms with Crippen molar-refractivity contribution in [1.82, 2.24) is 15.5 Å². The van der Waals surface area contributed by atoms with Crippen LogP contribution in [0.4, 0.5) is 4.79 Å². The SMILES string of the molecule is CCCCCCCCCCCCCCCCCCNC(=O)OCC1CC=CCC1C(=O)NCCCN(C)C. The molecule has 2 N–H and O–H groups in total. The van der Waals surface area contributed by atoms with E-state index in [2.05, 4.69) is 34.6 Å². The number of unbranched alkanes of at least 4 members (excludes halogenated alkanes) is 15. The average molecular weight is 536 g/mol. The van der Waals surface area contributed by atoms with Crippen LogP contribution in [-0.2, 0) is 9.53 Å². The van der Waals surface area contributed by atoms with Crippen LogP contribution in [0.15, 0.2) is 12.2 Å². The molecular formula is C32H61N3O3. The molecule has 0 spiro atoms. The lowest BCUT2D eigenvalue weighted by atomic mass is 9.83. The third-order valence-electron chi connectivity index (χ3n) is 7.71. The van der Waals surface area contributed by atoms with Crippen LogP contribution < -0.4 is 10.6 Å². The summed E-state index contributed by atoms with van der Waals surface area (Å²) >= 11 is 0. The Labute approximate surface area is 235 Å². The van der Waals surface area contributed by atoms with Crippen molar-refractivity contribution in [2.45, 2.75) is 129 Å². The lowest BCUT2D eigenvalue weighted by Crippen LogP contribution is -2.39. The van der Waals surface area contributed by atoms with Crippen LogP contribution in [-0.4, -0.2) is 57.2 Å². The van der Waals surface area contributed by atoms with Crippen LogP contribution >= 0.6 is 0 Å². The third-order valence-corrected chi connectivity index (χ3v) is 7.71. The van der Waals surface area contributed by atoms with Crippen LogP contribution in [0.2, 0.25) is 0 Å². The van der Waals surface area contributed by atoms with Gasteiger partial charge in [0.2, 0.25) is 5.91 Å². The fourth-order valence-corrected chi connectivity index (χ4v) is 5.21. The van der Waals surface area contributed by atoms with Crippen molar-refractivity contribution in [3.05, 3.63) is 12.2 Å². The van der Waals surface area contributed by atoms with Gasteiger partial charge in [0.1, 0.15) is 0 Å². The number of amides is 2. The Hall–Kier alpha value is -1.56. The van der Waals surface area contributed by atoms with Gasteiger partial charge in [-0.05, 0) is 46.3 Å². The number of nitrogens with one attached hydrogen (secondary N) is 2. The quantitative estimate of drug-likeness (QED) is 0.0985. The Bertz CT molecular complexity index is 609. The Morgan fingerprint density at radius 1 is 0.711 bits per heavy atom. The molecule has 0 aliphatic heterocycles. The summed E-state index contributed by atoms with van der Waals surface area (Å²) in [6.07, 6.45) is 27.7. The van der Waals surface area contributed by atoms with Crippen molar-refractivity contribution in [3.63, 3.8) is 0 Å². The number of ether oxygens (including phenoxy) is 1. The molecule has 0 radical (unpaired) electrons. The molecule has 6 nitrogen and oxygen atoms in total. The number of carbonyl (C=O) groups is 2. The first-order valence-corrected chi connectivity index (χ1v) is 16.0. The Balaban J connectivity index is 1.95. The second kappa shape index (κ2) is 24.5.